The Bertz CT molecular complexity index is 1360. The molecule has 2 aliphatic rings. The largest absolute Gasteiger partial charge is 0.435 e. The predicted molar refractivity (Wildman–Crippen MR) is 128 cm³/mol. The molecule has 3 heterocycles. The number of amides is 1. The first kappa shape index (κ1) is 25.8. The highest BCUT2D eigenvalue weighted by atomic mass is 19.4. The van der Waals surface area contributed by atoms with Crippen LogP contribution < -0.4 is 9.64 Å². The van der Waals surface area contributed by atoms with Gasteiger partial charge in [0.05, 0.1) is 23.4 Å². The predicted octanol–water partition coefficient (Wildman–Crippen LogP) is 4.52. The van der Waals surface area contributed by atoms with E-state index in [9.17, 15) is 26.7 Å². The van der Waals surface area contributed by atoms with Gasteiger partial charge in [-0.3, -0.25) is 4.79 Å². The molecule has 1 aromatic heterocycles. The number of benzene rings is 2. The van der Waals surface area contributed by atoms with E-state index < -0.39 is 29.3 Å². The molecule has 2 aliphatic heterocycles. The molecule has 0 radical (unpaired) electrons. The van der Waals surface area contributed by atoms with Gasteiger partial charge in [0.25, 0.3) is 5.91 Å². The number of alkyl halides is 3. The lowest BCUT2D eigenvalue weighted by Crippen LogP contribution is -2.45. The Morgan fingerprint density at radius 2 is 1.74 bits per heavy atom. The smallest absolute Gasteiger partial charge is 0.416 e. The normalized spacial score (nSPS) is 16.4. The Balaban J connectivity index is 1.48. The molecule has 5 rings (SSSR count). The van der Waals surface area contributed by atoms with Gasteiger partial charge >= 0.3 is 6.18 Å². The van der Waals surface area contributed by atoms with E-state index in [1.165, 1.54) is 17.0 Å². The van der Waals surface area contributed by atoms with Gasteiger partial charge in [0, 0.05) is 50.8 Å². The van der Waals surface area contributed by atoms with E-state index >= 15 is 0 Å². The van der Waals surface area contributed by atoms with Crippen LogP contribution in [-0.4, -0.2) is 65.4 Å². The number of likely N-dealkylation sites (N-methyl/N-ethyl adjacent to an activating group) is 1. The minimum atomic E-state index is -4.58. The molecular weight excluding hydrogens is 509 g/mol. The van der Waals surface area contributed by atoms with Crippen molar-refractivity contribution in [3.8, 4) is 11.6 Å². The molecule has 0 N–H and O–H groups in total. The summed E-state index contributed by atoms with van der Waals surface area (Å²) < 4.78 is 73.2. The van der Waals surface area contributed by atoms with Crippen molar-refractivity contribution < 1.29 is 31.5 Å². The number of carbonyl (C=O) groups excluding carboxylic acids is 1. The maximum absolute atomic E-state index is 14.4. The van der Waals surface area contributed by atoms with E-state index in [0.29, 0.717) is 42.8 Å². The standard InChI is InChI=1S/C26H24F5N5O2/c1-34-9-11-35(12-10-34)25-32-21-7-8-36(24(37)16-3-2-4-17(13-16)26(29,30)31)15-19(21)23(33-25)38-22-6-5-18(27)14-20(22)28/h2-6,13-14H,7-12,15H2,1H3. The van der Waals surface area contributed by atoms with E-state index in [4.69, 9.17) is 4.74 Å². The van der Waals surface area contributed by atoms with E-state index in [1.54, 1.807) is 0 Å². The average Bonchev–Trinajstić information content (AvgIpc) is 2.89. The lowest BCUT2D eigenvalue weighted by Gasteiger charge is -2.34. The second-order valence-electron chi connectivity index (χ2n) is 9.28. The molecule has 0 unspecified atom stereocenters. The summed E-state index contributed by atoms with van der Waals surface area (Å²) in [5.74, 6) is -2.13. The van der Waals surface area contributed by atoms with Crippen LogP contribution in [0.1, 0.15) is 27.2 Å². The summed E-state index contributed by atoms with van der Waals surface area (Å²) in [5.41, 5.74) is -0.0141. The average molecular weight is 534 g/mol. The van der Waals surface area contributed by atoms with Crippen molar-refractivity contribution in [2.75, 3.05) is 44.7 Å². The number of nitrogens with zero attached hydrogens (tertiary/aromatic N) is 5. The molecule has 38 heavy (non-hydrogen) atoms. The van der Waals surface area contributed by atoms with Gasteiger partial charge in [0.1, 0.15) is 5.82 Å². The number of hydrogen-bond donors (Lipinski definition) is 0. The Hall–Kier alpha value is -3.80. The highest BCUT2D eigenvalue weighted by Crippen LogP contribution is 2.34. The zero-order chi connectivity index (χ0) is 27.0. The van der Waals surface area contributed by atoms with Gasteiger partial charge in [-0.1, -0.05) is 6.07 Å². The van der Waals surface area contributed by atoms with Crippen LogP contribution in [0.25, 0.3) is 0 Å². The number of piperazine rings is 1. The van der Waals surface area contributed by atoms with Crippen LogP contribution >= 0.6 is 0 Å². The van der Waals surface area contributed by atoms with Crippen molar-refractivity contribution in [3.63, 3.8) is 0 Å². The number of halogens is 5. The van der Waals surface area contributed by atoms with Gasteiger partial charge in [-0.05, 0) is 37.4 Å². The van der Waals surface area contributed by atoms with Crippen molar-refractivity contribution in [1.29, 1.82) is 0 Å². The van der Waals surface area contributed by atoms with Crippen molar-refractivity contribution >= 4 is 11.9 Å². The lowest BCUT2D eigenvalue weighted by molar-refractivity contribution is -0.137. The molecule has 0 saturated carbocycles. The van der Waals surface area contributed by atoms with Crippen LogP contribution in [0.2, 0.25) is 0 Å². The number of carbonyl (C=O) groups is 1. The van der Waals surface area contributed by atoms with Crippen molar-refractivity contribution in [2.45, 2.75) is 19.1 Å². The first-order chi connectivity index (χ1) is 18.1. The van der Waals surface area contributed by atoms with E-state index in [-0.39, 0.29) is 30.3 Å². The summed E-state index contributed by atoms with van der Waals surface area (Å²) in [4.78, 5) is 27.9. The minimum absolute atomic E-state index is 0.0102. The highest BCUT2D eigenvalue weighted by Gasteiger charge is 2.33. The summed E-state index contributed by atoms with van der Waals surface area (Å²) >= 11 is 0. The van der Waals surface area contributed by atoms with Crippen LogP contribution in [-0.2, 0) is 19.1 Å². The van der Waals surface area contributed by atoms with Crippen LogP contribution in [0.4, 0.5) is 27.9 Å². The molecule has 1 amide bonds. The van der Waals surface area contributed by atoms with Gasteiger partial charge in [-0.25, -0.2) is 13.8 Å². The molecule has 200 valence electrons. The third kappa shape index (κ3) is 5.40. The quantitative estimate of drug-likeness (QED) is 0.460. The summed E-state index contributed by atoms with van der Waals surface area (Å²) in [6.45, 7) is 3.09. The van der Waals surface area contributed by atoms with Crippen LogP contribution in [0.15, 0.2) is 42.5 Å². The maximum Gasteiger partial charge on any atom is 0.416 e. The molecule has 0 atom stereocenters. The second-order valence-corrected chi connectivity index (χ2v) is 9.28. The molecular formula is C26H24F5N5O2. The second kappa shape index (κ2) is 10.2. The number of aromatic nitrogens is 2. The van der Waals surface area contributed by atoms with Crippen molar-refractivity contribution in [1.82, 2.24) is 19.8 Å². The fraction of sp³-hybridized carbons (Fsp3) is 0.346. The van der Waals surface area contributed by atoms with Gasteiger partial charge in [0.2, 0.25) is 11.8 Å². The molecule has 7 nitrogen and oxygen atoms in total. The summed E-state index contributed by atoms with van der Waals surface area (Å²) in [7, 11) is 2.01. The van der Waals surface area contributed by atoms with Gasteiger partial charge in [0.15, 0.2) is 11.6 Å². The molecule has 3 aromatic rings. The molecule has 0 aliphatic carbocycles. The molecule has 2 aromatic carbocycles. The first-order valence-corrected chi connectivity index (χ1v) is 12.0. The van der Waals surface area contributed by atoms with Crippen molar-refractivity contribution in [3.05, 3.63) is 76.5 Å². The van der Waals surface area contributed by atoms with Crippen LogP contribution in [0.5, 0.6) is 11.6 Å². The fourth-order valence-corrected chi connectivity index (χ4v) is 4.45. The molecule has 1 fully saturated rings. The highest BCUT2D eigenvalue weighted by molar-refractivity contribution is 5.94. The number of rotatable bonds is 4. The number of hydrogen-bond acceptors (Lipinski definition) is 6. The maximum atomic E-state index is 14.4. The number of anilines is 1. The van der Waals surface area contributed by atoms with Crippen LogP contribution in [0, 0.1) is 11.6 Å². The van der Waals surface area contributed by atoms with Crippen LogP contribution in [0.3, 0.4) is 0 Å². The summed E-state index contributed by atoms with van der Waals surface area (Å²) in [5, 5.41) is 0. The van der Waals surface area contributed by atoms with E-state index in [1.807, 2.05) is 11.9 Å². The first-order valence-electron chi connectivity index (χ1n) is 12.0. The van der Waals surface area contributed by atoms with Gasteiger partial charge in [-0.2, -0.15) is 18.2 Å². The zero-order valence-corrected chi connectivity index (χ0v) is 20.4. The summed E-state index contributed by atoms with van der Waals surface area (Å²) in [6, 6.07) is 7.11. The molecule has 12 heteroatoms. The topological polar surface area (TPSA) is 61.8 Å². The Kier molecular flexibility index (Phi) is 6.91. The minimum Gasteiger partial charge on any atom is -0.435 e. The Labute approximate surface area is 215 Å². The van der Waals surface area contributed by atoms with Gasteiger partial charge < -0.3 is 19.4 Å². The SMILES string of the molecule is CN1CCN(c2nc3c(c(Oc4ccc(F)cc4F)n2)CN(C(=O)c2cccc(C(F)(F)F)c2)CC3)CC1. The van der Waals surface area contributed by atoms with E-state index in [0.717, 1.165) is 37.4 Å². The van der Waals surface area contributed by atoms with E-state index in [2.05, 4.69) is 14.9 Å². The fourth-order valence-electron chi connectivity index (χ4n) is 4.45. The van der Waals surface area contributed by atoms with Crippen molar-refractivity contribution in [2.24, 2.45) is 0 Å². The Morgan fingerprint density at radius 1 is 0.974 bits per heavy atom. The Morgan fingerprint density at radius 3 is 2.45 bits per heavy atom. The monoisotopic (exact) mass is 533 g/mol. The molecule has 1 saturated heterocycles. The number of ether oxygens (including phenoxy) is 1. The number of fused-ring (bicyclic) bond motifs is 1. The zero-order valence-electron chi connectivity index (χ0n) is 20.4. The molecule has 0 bridgehead atoms. The molecule has 0 spiro atoms. The third-order valence-electron chi connectivity index (χ3n) is 6.62. The lowest BCUT2D eigenvalue weighted by atomic mass is 10.0. The third-order valence-corrected chi connectivity index (χ3v) is 6.62. The summed E-state index contributed by atoms with van der Waals surface area (Å²) in [6.07, 6.45) is -4.29. The van der Waals surface area contributed by atoms with Gasteiger partial charge in [-0.15, -0.1) is 0 Å².